The summed E-state index contributed by atoms with van der Waals surface area (Å²) >= 11 is 1.45. The molecule has 0 bridgehead atoms. The van der Waals surface area contributed by atoms with Gasteiger partial charge in [-0.05, 0) is 62.4 Å². The van der Waals surface area contributed by atoms with Gasteiger partial charge in [-0.1, -0.05) is 0 Å². The number of benzene rings is 2. The molecule has 1 N–H and O–H groups in total. The van der Waals surface area contributed by atoms with Gasteiger partial charge in [-0.3, -0.25) is 4.79 Å². The van der Waals surface area contributed by atoms with Crippen molar-refractivity contribution in [3.8, 4) is 5.75 Å². The fourth-order valence-corrected chi connectivity index (χ4v) is 2.75. The Morgan fingerprint density at radius 2 is 1.64 bits per heavy atom. The van der Waals surface area contributed by atoms with Gasteiger partial charge in [0, 0.05) is 10.6 Å². The van der Waals surface area contributed by atoms with Crippen LogP contribution in [0.2, 0.25) is 0 Å². The minimum atomic E-state index is -0.369. The minimum Gasteiger partial charge on any atom is -0.494 e. The number of thioether (sulfide) groups is 1. The lowest BCUT2D eigenvalue weighted by atomic mass is 10.2. The van der Waals surface area contributed by atoms with Crippen LogP contribution in [0, 0.1) is 0 Å². The van der Waals surface area contributed by atoms with E-state index in [-0.39, 0.29) is 11.9 Å². The monoisotopic (exact) mass is 359 g/mol. The van der Waals surface area contributed by atoms with Gasteiger partial charge in [0.2, 0.25) is 5.91 Å². The summed E-state index contributed by atoms with van der Waals surface area (Å²) in [7, 11) is 0. The van der Waals surface area contributed by atoms with Crippen molar-refractivity contribution >= 4 is 29.3 Å². The predicted molar refractivity (Wildman–Crippen MR) is 99.4 cm³/mol. The van der Waals surface area contributed by atoms with Crippen molar-refractivity contribution < 1.29 is 19.1 Å². The average Bonchev–Trinajstić information content (AvgIpc) is 2.62. The zero-order valence-electron chi connectivity index (χ0n) is 14.3. The van der Waals surface area contributed by atoms with Crippen LogP contribution in [0.1, 0.15) is 24.2 Å². The summed E-state index contributed by atoms with van der Waals surface area (Å²) in [6.45, 7) is 4.66. The Morgan fingerprint density at radius 1 is 0.960 bits per heavy atom. The maximum Gasteiger partial charge on any atom is 0.338 e. The van der Waals surface area contributed by atoms with Gasteiger partial charge < -0.3 is 14.8 Å². The van der Waals surface area contributed by atoms with Crippen LogP contribution < -0.4 is 10.1 Å². The first-order valence-electron chi connectivity index (χ1n) is 8.05. The number of hydrogen-bond donors (Lipinski definition) is 1. The number of anilines is 1. The maximum atomic E-state index is 12.0. The van der Waals surface area contributed by atoms with Crippen molar-refractivity contribution in [1.29, 1.82) is 0 Å². The molecular formula is C19H21NO4S. The zero-order valence-corrected chi connectivity index (χ0v) is 15.1. The zero-order chi connectivity index (χ0) is 18.1. The van der Waals surface area contributed by atoms with Crippen LogP contribution in [0.4, 0.5) is 5.69 Å². The lowest BCUT2D eigenvalue weighted by molar-refractivity contribution is -0.113. The van der Waals surface area contributed by atoms with Crippen molar-refractivity contribution in [2.45, 2.75) is 18.7 Å². The lowest BCUT2D eigenvalue weighted by Gasteiger charge is -2.07. The molecule has 5 nitrogen and oxygen atoms in total. The molecule has 6 heteroatoms. The predicted octanol–water partition coefficient (Wildman–Crippen LogP) is 3.99. The smallest absolute Gasteiger partial charge is 0.338 e. The third kappa shape index (κ3) is 6.15. The first-order chi connectivity index (χ1) is 12.1. The summed E-state index contributed by atoms with van der Waals surface area (Å²) < 4.78 is 10.3. The number of esters is 1. The van der Waals surface area contributed by atoms with E-state index in [1.54, 1.807) is 31.2 Å². The van der Waals surface area contributed by atoms with Gasteiger partial charge in [-0.25, -0.2) is 4.79 Å². The molecule has 0 aliphatic rings. The molecule has 0 heterocycles. The molecule has 0 aromatic heterocycles. The molecular weight excluding hydrogens is 338 g/mol. The Morgan fingerprint density at radius 3 is 2.24 bits per heavy atom. The van der Waals surface area contributed by atoms with Gasteiger partial charge in [0.05, 0.1) is 24.5 Å². The molecule has 1 amide bonds. The molecule has 132 valence electrons. The fourth-order valence-electron chi connectivity index (χ4n) is 2.05. The Labute approximate surface area is 151 Å². The van der Waals surface area contributed by atoms with E-state index in [1.165, 1.54) is 11.8 Å². The molecule has 0 saturated heterocycles. The van der Waals surface area contributed by atoms with Gasteiger partial charge in [0.1, 0.15) is 5.75 Å². The van der Waals surface area contributed by atoms with Crippen LogP contribution in [-0.4, -0.2) is 30.8 Å². The summed E-state index contributed by atoms with van der Waals surface area (Å²) in [5.74, 6) is 0.639. The second-order valence-corrected chi connectivity index (χ2v) is 6.09. The SMILES string of the molecule is CCOC(=O)c1ccc(NC(=O)CSc2ccc(OCC)cc2)cc1. The number of nitrogens with one attached hydrogen (secondary N) is 1. The molecule has 0 saturated carbocycles. The number of carbonyl (C=O) groups is 2. The number of hydrogen-bond acceptors (Lipinski definition) is 5. The van der Waals surface area contributed by atoms with Crippen LogP contribution in [-0.2, 0) is 9.53 Å². The molecule has 25 heavy (non-hydrogen) atoms. The molecule has 0 radical (unpaired) electrons. The van der Waals surface area contributed by atoms with Crippen molar-refractivity contribution in [1.82, 2.24) is 0 Å². The van der Waals surface area contributed by atoms with E-state index in [0.29, 0.717) is 30.2 Å². The van der Waals surface area contributed by atoms with E-state index in [2.05, 4.69) is 5.32 Å². The number of ether oxygens (including phenoxy) is 2. The normalized spacial score (nSPS) is 10.2. The van der Waals surface area contributed by atoms with E-state index in [0.717, 1.165) is 10.6 Å². The van der Waals surface area contributed by atoms with Gasteiger partial charge in [-0.15, -0.1) is 11.8 Å². The molecule has 0 aliphatic carbocycles. The topological polar surface area (TPSA) is 64.6 Å². The highest BCUT2D eigenvalue weighted by Crippen LogP contribution is 2.21. The van der Waals surface area contributed by atoms with Crippen LogP contribution in [0.25, 0.3) is 0 Å². The van der Waals surface area contributed by atoms with Gasteiger partial charge in [-0.2, -0.15) is 0 Å². The molecule has 2 aromatic carbocycles. The van der Waals surface area contributed by atoms with Gasteiger partial charge in [0.25, 0.3) is 0 Å². The Hall–Kier alpha value is -2.47. The summed E-state index contributed by atoms with van der Waals surface area (Å²) in [4.78, 5) is 24.6. The van der Waals surface area contributed by atoms with E-state index in [9.17, 15) is 9.59 Å². The van der Waals surface area contributed by atoms with Gasteiger partial charge in [0.15, 0.2) is 0 Å². The first kappa shape index (κ1) is 18.9. The fraction of sp³-hybridized carbons (Fsp3) is 0.263. The summed E-state index contributed by atoms with van der Waals surface area (Å²) in [6, 6.07) is 14.3. The van der Waals surface area contributed by atoms with E-state index in [1.807, 2.05) is 31.2 Å². The first-order valence-corrected chi connectivity index (χ1v) is 9.03. The number of carbonyl (C=O) groups excluding carboxylic acids is 2. The van der Waals surface area contributed by atoms with Gasteiger partial charge >= 0.3 is 5.97 Å². The second kappa shape index (κ2) is 9.74. The van der Waals surface area contributed by atoms with Crippen LogP contribution in [0.15, 0.2) is 53.4 Å². The third-order valence-corrected chi connectivity index (χ3v) is 4.20. The molecule has 2 aromatic rings. The largest absolute Gasteiger partial charge is 0.494 e. The maximum absolute atomic E-state index is 12.0. The highest BCUT2D eigenvalue weighted by molar-refractivity contribution is 8.00. The Balaban J connectivity index is 1.82. The van der Waals surface area contributed by atoms with Crippen molar-refractivity contribution in [3.63, 3.8) is 0 Å². The highest BCUT2D eigenvalue weighted by atomic mass is 32.2. The average molecular weight is 359 g/mol. The van der Waals surface area contributed by atoms with Crippen molar-refractivity contribution in [3.05, 3.63) is 54.1 Å². The molecule has 0 aliphatic heterocycles. The standard InChI is InChI=1S/C19H21NO4S/c1-3-23-16-9-11-17(12-10-16)25-13-18(21)20-15-7-5-14(6-8-15)19(22)24-4-2/h5-12H,3-4,13H2,1-2H3,(H,20,21). The minimum absolute atomic E-state index is 0.109. The number of rotatable bonds is 8. The molecule has 0 fully saturated rings. The quantitative estimate of drug-likeness (QED) is 0.570. The third-order valence-electron chi connectivity index (χ3n) is 3.18. The Kier molecular flexibility index (Phi) is 7.35. The Bertz CT molecular complexity index is 698. The molecule has 0 unspecified atom stereocenters. The van der Waals surface area contributed by atoms with E-state index < -0.39 is 0 Å². The molecule has 0 spiro atoms. The van der Waals surface area contributed by atoms with Crippen LogP contribution in [0.3, 0.4) is 0 Å². The summed E-state index contributed by atoms with van der Waals surface area (Å²) in [5.41, 5.74) is 1.11. The van der Waals surface area contributed by atoms with Crippen LogP contribution >= 0.6 is 11.8 Å². The van der Waals surface area contributed by atoms with E-state index in [4.69, 9.17) is 9.47 Å². The summed E-state index contributed by atoms with van der Waals surface area (Å²) in [6.07, 6.45) is 0. The van der Waals surface area contributed by atoms with Crippen molar-refractivity contribution in [2.75, 3.05) is 24.3 Å². The molecule has 2 rings (SSSR count). The highest BCUT2D eigenvalue weighted by Gasteiger charge is 2.08. The number of amides is 1. The second-order valence-electron chi connectivity index (χ2n) is 5.04. The van der Waals surface area contributed by atoms with Crippen molar-refractivity contribution in [2.24, 2.45) is 0 Å². The van der Waals surface area contributed by atoms with Crippen LogP contribution in [0.5, 0.6) is 5.75 Å². The lowest BCUT2D eigenvalue weighted by Crippen LogP contribution is -2.14. The molecule has 0 atom stereocenters. The summed E-state index contributed by atoms with van der Waals surface area (Å²) in [5, 5.41) is 2.81. The van der Waals surface area contributed by atoms with E-state index >= 15 is 0 Å².